The zero-order valence-corrected chi connectivity index (χ0v) is 16.2. The van der Waals surface area contributed by atoms with Crippen molar-refractivity contribution < 1.29 is 9.53 Å². The van der Waals surface area contributed by atoms with Gasteiger partial charge >= 0.3 is 0 Å². The molecule has 0 saturated heterocycles. The Morgan fingerprint density at radius 2 is 1.85 bits per heavy atom. The van der Waals surface area contributed by atoms with Crippen LogP contribution in [0, 0.1) is 6.92 Å². The lowest BCUT2D eigenvalue weighted by Gasteiger charge is -2.05. The van der Waals surface area contributed by atoms with Crippen LogP contribution in [0.15, 0.2) is 48.5 Å². The SMILES string of the molecule is CCCOc1ccc(C(=O)Nc2nc(-c3ccc(Cl)cc3)c(C)s2)cc1. The van der Waals surface area contributed by atoms with Crippen LogP contribution < -0.4 is 10.1 Å². The number of nitrogens with one attached hydrogen (secondary N) is 1. The number of halogens is 1. The first-order chi connectivity index (χ1) is 12.6. The van der Waals surface area contributed by atoms with Gasteiger partial charge in [-0.2, -0.15) is 0 Å². The molecule has 26 heavy (non-hydrogen) atoms. The molecule has 0 aliphatic carbocycles. The van der Waals surface area contributed by atoms with E-state index in [0.29, 0.717) is 22.3 Å². The lowest BCUT2D eigenvalue weighted by molar-refractivity contribution is 0.102. The molecule has 3 rings (SSSR count). The molecular weight excluding hydrogens is 368 g/mol. The van der Waals surface area contributed by atoms with E-state index in [9.17, 15) is 4.79 Å². The standard InChI is InChI=1S/C20H19ClN2O2S/c1-3-12-25-17-10-6-15(7-11-17)19(24)23-20-22-18(13(2)26-20)14-4-8-16(21)9-5-14/h4-11H,3,12H2,1-2H3,(H,22,23,24). The van der Waals surface area contributed by atoms with Crippen LogP contribution in [0.3, 0.4) is 0 Å². The highest BCUT2D eigenvalue weighted by atomic mass is 35.5. The Bertz CT molecular complexity index is 889. The normalized spacial score (nSPS) is 10.6. The average Bonchev–Trinajstić information content (AvgIpc) is 3.01. The van der Waals surface area contributed by atoms with E-state index in [2.05, 4.69) is 17.2 Å². The summed E-state index contributed by atoms with van der Waals surface area (Å²) in [6, 6.07) is 14.6. The van der Waals surface area contributed by atoms with Gasteiger partial charge in [-0.25, -0.2) is 4.98 Å². The van der Waals surface area contributed by atoms with Gasteiger partial charge < -0.3 is 4.74 Å². The second-order valence-electron chi connectivity index (χ2n) is 5.76. The minimum absolute atomic E-state index is 0.191. The molecule has 1 N–H and O–H groups in total. The topological polar surface area (TPSA) is 51.2 Å². The summed E-state index contributed by atoms with van der Waals surface area (Å²) in [5, 5.41) is 4.12. The smallest absolute Gasteiger partial charge is 0.257 e. The molecule has 0 aliphatic heterocycles. The fourth-order valence-corrected chi connectivity index (χ4v) is 3.37. The maximum atomic E-state index is 12.4. The van der Waals surface area contributed by atoms with Crippen LogP contribution in [0.1, 0.15) is 28.6 Å². The number of aromatic nitrogens is 1. The number of nitrogens with zero attached hydrogens (tertiary/aromatic N) is 1. The number of rotatable bonds is 6. The summed E-state index contributed by atoms with van der Waals surface area (Å²) >= 11 is 7.39. The largest absolute Gasteiger partial charge is 0.494 e. The number of ether oxygens (including phenoxy) is 1. The van der Waals surface area contributed by atoms with Gasteiger partial charge in [0.1, 0.15) is 5.75 Å². The van der Waals surface area contributed by atoms with Crippen LogP contribution in [-0.2, 0) is 0 Å². The number of hydrogen-bond donors (Lipinski definition) is 1. The average molecular weight is 387 g/mol. The Balaban J connectivity index is 1.71. The molecule has 2 aromatic carbocycles. The van der Waals surface area contributed by atoms with E-state index < -0.39 is 0 Å². The monoisotopic (exact) mass is 386 g/mol. The second kappa shape index (κ2) is 8.34. The van der Waals surface area contributed by atoms with Crippen molar-refractivity contribution in [3.05, 3.63) is 64.0 Å². The maximum Gasteiger partial charge on any atom is 0.257 e. The fraction of sp³-hybridized carbons (Fsp3) is 0.200. The maximum absolute atomic E-state index is 12.4. The fourth-order valence-electron chi connectivity index (χ4n) is 2.42. The lowest BCUT2D eigenvalue weighted by Crippen LogP contribution is -2.11. The molecule has 1 aromatic heterocycles. The molecule has 0 spiro atoms. The van der Waals surface area contributed by atoms with Gasteiger partial charge in [0, 0.05) is 21.0 Å². The minimum atomic E-state index is -0.191. The Hall–Kier alpha value is -2.37. The minimum Gasteiger partial charge on any atom is -0.494 e. The first-order valence-corrected chi connectivity index (χ1v) is 9.54. The van der Waals surface area contributed by atoms with Crippen LogP contribution >= 0.6 is 22.9 Å². The van der Waals surface area contributed by atoms with Crippen LogP contribution in [-0.4, -0.2) is 17.5 Å². The summed E-state index contributed by atoms with van der Waals surface area (Å²) in [6.45, 7) is 4.70. The molecule has 1 heterocycles. The van der Waals surface area contributed by atoms with Crippen molar-refractivity contribution in [3.63, 3.8) is 0 Å². The number of benzene rings is 2. The van der Waals surface area contributed by atoms with Gasteiger partial charge in [-0.3, -0.25) is 10.1 Å². The third-order valence-corrected chi connectivity index (χ3v) is 4.86. The van der Waals surface area contributed by atoms with Crippen molar-refractivity contribution in [3.8, 4) is 17.0 Å². The van der Waals surface area contributed by atoms with E-state index in [1.165, 1.54) is 11.3 Å². The highest BCUT2D eigenvalue weighted by molar-refractivity contribution is 7.16. The highest BCUT2D eigenvalue weighted by Gasteiger charge is 2.13. The van der Waals surface area contributed by atoms with Gasteiger partial charge in [0.2, 0.25) is 0 Å². The van der Waals surface area contributed by atoms with E-state index >= 15 is 0 Å². The zero-order chi connectivity index (χ0) is 18.5. The molecule has 0 atom stereocenters. The van der Waals surface area contributed by atoms with Gasteiger partial charge in [-0.05, 0) is 49.7 Å². The Labute approximate surface area is 161 Å². The van der Waals surface area contributed by atoms with E-state index in [4.69, 9.17) is 16.3 Å². The quantitative estimate of drug-likeness (QED) is 0.581. The summed E-state index contributed by atoms with van der Waals surface area (Å²) in [5.41, 5.74) is 2.39. The first-order valence-electron chi connectivity index (χ1n) is 8.34. The summed E-state index contributed by atoms with van der Waals surface area (Å²) in [5.74, 6) is 0.571. The van der Waals surface area contributed by atoms with Crippen molar-refractivity contribution in [2.45, 2.75) is 20.3 Å². The van der Waals surface area contributed by atoms with Crippen LogP contribution in [0.25, 0.3) is 11.3 Å². The molecule has 4 nitrogen and oxygen atoms in total. The third kappa shape index (κ3) is 4.42. The number of aryl methyl sites for hydroxylation is 1. The molecule has 1 amide bonds. The van der Waals surface area contributed by atoms with Crippen LogP contribution in [0.5, 0.6) is 5.75 Å². The van der Waals surface area contributed by atoms with Crippen molar-refractivity contribution in [2.75, 3.05) is 11.9 Å². The van der Waals surface area contributed by atoms with Crippen molar-refractivity contribution >= 4 is 34.0 Å². The van der Waals surface area contributed by atoms with Gasteiger partial charge in [0.15, 0.2) is 5.13 Å². The molecule has 3 aromatic rings. The summed E-state index contributed by atoms with van der Waals surface area (Å²) in [6.07, 6.45) is 0.946. The van der Waals surface area contributed by atoms with Crippen molar-refractivity contribution in [1.29, 1.82) is 0 Å². The number of hydrogen-bond acceptors (Lipinski definition) is 4. The Morgan fingerprint density at radius 1 is 1.15 bits per heavy atom. The van der Waals surface area contributed by atoms with Gasteiger partial charge in [0.05, 0.1) is 12.3 Å². The Morgan fingerprint density at radius 3 is 2.50 bits per heavy atom. The summed E-state index contributed by atoms with van der Waals surface area (Å²) in [4.78, 5) is 18.0. The molecule has 134 valence electrons. The van der Waals surface area contributed by atoms with E-state index in [1.807, 2.05) is 31.2 Å². The van der Waals surface area contributed by atoms with E-state index in [-0.39, 0.29) is 5.91 Å². The predicted molar refractivity (Wildman–Crippen MR) is 107 cm³/mol. The molecule has 0 saturated carbocycles. The Kier molecular flexibility index (Phi) is 5.91. The molecule has 6 heteroatoms. The summed E-state index contributed by atoms with van der Waals surface area (Å²) < 4.78 is 5.53. The lowest BCUT2D eigenvalue weighted by atomic mass is 10.1. The van der Waals surface area contributed by atoms with Crippen LogP contribution in [0.2, 0.25) is 5.02 Å². The number of thiazole rings is 1. The van der Waals surface area contributed by atoms with E-state index in [1.54, 1.807) is 24.3 Å². The first kappa shape index (κ1) is 18.4. The van der Waals surface area contributed by atoms with Gasteiger partial charge in [-0.1, -0.05) is 30.7 Å². The number of anilines is 1. The number of carbonyl (C=O) groups is 1. The molecule has 0 radical (unpaired) electrons. The zero-order valence-electron chi connectivity index (χ0n) is 14.6. The number of carbonyl (C=O) groups excluding carboxylic acids is 1. The molecule has 0 fully saturated rings. The van der Waals surface area contributed by atoms with Crippen LogP contribution in [0.4, 0.5) is 5.13 Å². The van der Waals surface area contributed by atoms with Gasteiger partial charge in [0.25, 0.3) is 5.91 Å². The molecule has 0 unspecified atom stereocenters. The molecule has 0 aliphatic rings. The highest BCUT2D eigenvalue weighted by Crippen LogP contribution is 2.31. The van der Waals surface area contributed by atoms with Gasteiger partial charge in [-0.15, -0.1) is 11.3 Å². The second-order valence-corrected chi connectivity index (χ2v) is 7.40. The number of amides is 1. The predicted octanol–water partition coefficient (Wildman–Crippen LogP) is 5.81. The molecular formula is C20H19ClN2O2S. The molecule has 0 bridgehead atoms. The van der Waals surface area contributed by atoms with E-state index in [0.717, 1.165) is 28.3 Å². The third-order valence-electron chi connectivity index (χ3n) is 3.72. The van der Waals surface area contributed by atoms with Crippen molar-refractivity contribution in [1.82, 2.24) is 4.98 Å². The van der Waals surface area contributed by atoms with Crippen molar-refractivity contribution in [2.24, 2.45) is 0 Å². The summed E-state index contributed by atoms with van der Waals surface area (Å²) in [7, 11) is 0.